The highest BCUT2D eigenvalue weighted by atomic mass is 32.2. The summed E-state index contributed by atoms with van der Waals surface area (Å²) in [7, 11) is -0.161. The maximum Gasteiger partial charge on any atom is 0.203 e. The van der Waals surface area contributed by atoms with Gasteiger partial charge in [0.2, 0.25) is 19.6 Å². The minimum Gasteiger partial charge on any atom is -0.447 e. The van der Waals surface area contributed by atoms with Crippen molar-refractivity contribution in [1.29, 1.82) is 0 Å². The van der Waals surface area contributed by atoms with Crippen molar-refractivity contribution in [2.75, 3.05) is 0 Å². The van der Waals surface area contributed by atoms with Crippen molar-refractivity contribution in [2.45, 2.75) is 56.8 Å². The van der Waals surface area contributed by atoms with Gasteiger partial charge in [-0.05, 0) is 55.5 Å². The molecule has 0 fully saturated rings. The molecule has 4 aromatic carbocycles. The molecule has 0 radical (unpaired) electrons. The first-order valence-corrected chi connectivity index (χ1v) is 14.5. The zero-order valence-electron chi connectivity index (χ0n) is 19.4. The largest absolute Gasteiger partial charge is 0.447 e. The summed E-state index contributed by atoms with van der Waals surface area (Å²) in [6.07, 6.45) is 2.32. The molecule has 0 N–H and O–H groups in total. The van der Waals surface area contributed by atoms with Gasteiger partial charge in [-0.1, -0.05) is 61.9 Å². The van der Waals surface area contributed by atoms with E-state index in [0.717, 1.165) is 29.4 Å². The Hall–Kier alpha value is -2.82. The molecule has 2 nitrogen and oxygen atoms in total. The molecule has 170 valence electrons. The summed E-state index contributed by atoms with van der Waals surface area (Å²) in [4.78, 5) is 5.33. The maximum atomic E-state index is 6.36. The van der Waals surface area contributed by atoms with Crippen molar-refractivity contribution in [3.63, 3.8) is 0 Å². The molecule has 0 bridgehead atoms. The molecular weight excluding hydrogens is 456 g/mol. The van der Waals surface area contributed by atoms with Gasteiger partial charge in [-0.25, -0.2) is 0 Å². The number of hydrogen-bond donors (Lipinski definition) is 0. The van der Waals surface area contributed by atoms with Gasteiger partial charge in [-0.3, -0.25) is 0 Å². The number of fused-ring (bicyclic) bond motifs is 4. The number of hydrogen-bond acceptors (Lipinski definition) is 2. The molecule has 2 aliphatic rings. The maximum absolute atomic E-state index is 6.36. The van der Waals surface area contributed by atoms with Crippen LogP contribution in [0.5, 0.6) is 23.0 Å². The molecule has 0 saturated carbocycles. The van der Waals surface area contributed by atoms with Crippen LogP contribution in [-0.2, 0) is 21.8 Å². The fourth-order valence-corrected chi connectivity index (χ4v) is 11.1. The summed E-state index contributed by atoms with van der Waals surface area (Å²) >= 11 is 0. The topological polar surface area (TPSA) is 18.5 Å². The minimum atomic E-state index is -0.0850. The zero-order chi connectivity index (χ0) is 23.1. The van der Waals surface area contributed by atoms with E-state index in [-0.39, 0.29) is 21.8 Å². The van der Waals surface area contributed by atoms with Crippen LogP contribution in [0.15, 0.2) is 117 Å². The molecule has 0 aliphatic carbocycles. The average molecular weight is 485 g/mol. The zero-order valence-corrected chi connectivity index (χ0v) is 21.1. The van der Waals surface area contributed by atoms with Crippen molar-refractivity contribution >= 4 is 21.8 Å². The van der Waals surface area contributed by atoms with Crippen molar-refractivity contribution in [3.05, 3.63) is 97.1 Å². The molecule has 0 saturated heterocycles. The Bertz CT molecular complexity index is 1240. The van der Waals surface area contributed by atoms with E-state index in [1.54, 1.807) is 0 Å². The van der Waals surface area contributed by atoms with Gasteiger partial charge >= 0.3 is 0 Å². The van der Waals surface area contributed by atoms with Gasteiger partial charge < -0.3 is 9.47 Å². The van der Waals surface area contributed by atoms with Crippen molar-refractivity contribution in [3.8, 4) is 23.0 Å². The van der Waals surface area contributed by atoms with E-state index in [0.29, 0.717) is 10.5 Å². The smallest absolute Gasteiger partial charge is 0.203 e. The molecule has 4 aromatic rings. The second-order valence-electron chi connectivity index (χ2n) is 8.70. The first-order valence-electron chi connectivity index (χ1n) is 11.9. The molecule has 2 heterocycles. The average Bonchev–Trinajstić information content (AvgIpc) is 2.89. The SMILES string of the molecule is CCC[C@H]([C@H](C)[S+]1c2ccccc2Oc2ccccc21)[S+]1c2ccccc2Oc2ccccc21. The highest BCUT2D eigenvalue weighted by Crippen LogP contribution is 2.51. The summed E-state index contributed by atoms with van der Waals surface area (Å²) in [5.41, 5.74) is 0. The van der Waals surface area contributed by atoms with Crippen LogP contribution in [0.1, 0.15) is 26.7 Å². The number of rotatable bonds is 5. The fraction of sp³-hybridized carbons (Fsp3) is 0.200. The summed E-state index contributed by atoms with van der Waals surface area (Å²) in [5.74, 6) is 4.02. The van der Waals surface area contributed by atoms with E-state index in [1.807, 2.05) is 0 Å². The van der Waals surface area contributed by atoms with Gasteiger partial charge in [0, 0.05) is 6.42 Å². The van der Waals surface area contributed by atoms with E-state index >= 15 is 0 Å². The Morgan fingerprint density at radius 2 is 0.912 bits per heavy atom. The van der Waals surface area contributed by atoms with Gasteiger partial charge in [0.1, 0.15) is 0 Å². The van der Waals surface area contributed by atoms with Gasteiger partial charge in [0.25, 0.3) is 0 Å². The quantitative estimate of drug-likeness (QED) is 0.266. The molecule has 6 rings (SSSR count). The lowest BCUT2D eigenvalue weighted by Crippen LogP contribution is -2.40. The first-order chi connectivity index (χ1) is 16.8. The van der Waals surface area contributed by atoms with Gasteiger partial charge in [0.05, 0.1) is 21.8 Å². The third-order valence-corrected chi connectivity index (χ3v) is 12.3. The summed E-state index contributed by atoms with van der Waals surface area (Å²) in [5, 5.41) is 0.924. The number of ether oxygens (including phenoxy) is 2. The lowest BCUT2D eigenvalue weighted by molar-refractivity contribution is 0.450. The summed E-state index contributed by atoms with van der Waals surface area (Å²) < 4.78 is 12.7. The number of benzene rings is 4. The molecule has 0 amide bonds. The van der Waals surface area contributed by atoms with Gasteiger partial charge in [-0.2, -0.15) is 0 Å². The molecule has 34 heavy (non-hydrogen) atoms. The summed E-state index contributed by atoms with van der Waals surface area (Å²) in [6, 6.07) is 34.5. The van der Waals surface area contributed by atoms with E-state index < -0.39 is 0 Å². The first kappa shape index (κ1) is 21.7. The van der Waals surface area contributed by atoms with Crippen molar-refractivity contribution < 1.29 is 9.47 Å². The standard InChI is InChI=1S/C30H28O2S2/c1-3-12-26(34-29-19-10-6-15-24(29)32-25-16-7-11-20-30(25)34)21(2)33-27-17-8-4-13-22(27)31-23-14-5-9-18-28(23)33/h4-11,13-21,26H,3,12H2,1-2H3/q+2/t21-,26+/m0/s1. The molecule has 0 aromatic heterocycles. The van der Waals surface area contributed by atoms with Crippen LogP contribution in [0.4, 0.5) is 0 Å². The monoisotopic (exact) mass is 484 g/mol. The highest BCUT2D eigenvalue weighted by molar-refractivity contribution is 8.01. The predicted molar refractivity (Wildman–Crippen MR) is 142 cm³/mol. The Labute approximate surface area is 207 Å². The molecule has 0 unspecified atom stereocenters. The second-order valence-corrected chi connectivity index (χ2v) is 13.2. The Morgan fingerprint density at radius 3 is 1.29 bits per heavy atom. The molecule has 2 aliphatic heterocycles. The fourth-order valence-electron chi connectivity index (χ4n) is 5.05. The van der Waals surface area contributed by atoms with E-state index in [9.17, 15) is 0 Å². The van der Waals surface area contributed by atoms with E-state index in [2.05, 4.69) is 111 Å². The second kappa shape index (κ2) is 9.09. The minimum absolute atomic E-state index is 0.0764. The third kappa shape index (κ3) is 3.60. The van der Waals surface area contributed by atoms with Crippen molar-refractivity contribution in [1.82, 2.24) is 0 Å². The van der Waals surface area contributed by atoms with Crippen LogP contribution in [0.2, 0.25) is 0 Å². The van der Waals surface area contributed by atoms with Crippen LogP contribution in [0, 0.1) is 0 Å². The molecule has 0 spiro atoms. The predicted octanol–water partition coefficient (Wildman–Crippen LogP) is 8.23. The Kier molecular flexibility index (Phi) is 5.80. The normalized spacial score (nSPS) is 16.2. The van der Waals surface area contributed by atoms with E-state index in [4.69, 9.17) is 9.47 Å². The third-order valence-electron chi connectivity index (χ3n) is 6.56. The lowest BCUT2D eigenvalue weighted by atomic mass is 10.2. The lowest BCUT2D eigenvalue weighted by Gasteiger charge is -2.30. The van der Waals surface area contributed by atoms with Crippen LogP contribution in [0.25, 0.3) is 0 Å². The Morgan fingerprint density at radius 1 is 0.559 bits per heavy atom. The number of para-hydroxylation sites is 4. The van der Waals surface area contributed by atoms with Crippen LogP contribution < -0.4 is 9.47 Å². The van der Waals surface area contributed by atoms with E-state index in [1.165, 1.54) is 26.0 Å². The van der Waals surface area contributed by atoms with Gasteiger partial charge in [-0.15, -0.1) is 0 Å². The summed E-state index contributed by atoms with van der Waals surface area (Å²) in [6.45, 7) is 4.78. The Balaban J connectivity index is 1.51. The highest BCUT2D eigenvalue weighted by Gasteiger charge is 2.53. The van der Waals surface area contributed by atoms with Crippen LogP contribution >= 0.6 is 0 Å². The van der Waals surface area contributed by atoms with Crippen LogP contribution in [0.3, 0.4) is 0 Å². The van der Waals surface area contributed by atoms with Crippen molar-refractivity contribution in [2.24, 2.45) is 0 Å². The molecular formula is C30H28O2S2+2. The molecule has 4 heteroatoms. The van der Waals surface area contributed by atoms with Gasteiger partial charge in [0.15, 0.2) is 33.5 Å². The van der Waals surface area contributed by atoms with Crippen LogP contribution in [-0.4, -0.2) is 10.5 Å². The molecule has 2 atom stereocenters.